The summed E-state index contributed by atoms with van der Waals surface area (Å²) in [5.41, 5.74) is 0. The van der Waals surface area contributed by atoms with Crippen LogP contribution in [-0.4, -0.2) is 0 Å². The van der Waals surface area contributed by atoms with E-state index in [4.69, 9.17) is 16.3 Å². The zero-order valence-electron chi connectivity index (χ0n) is 5.63. The Morgan fingerprint density at radius 2 is 2.00 bits per heavy atom. The topological polar surface area (TPSA) is 9.23 Å². The van der Waals surface area contributed by atoms with Crippen molar-refractivity contribution in [2.24, 2.45) is 0 Å². The molecule has 0 amide bonds. The van der Waals surface area contributed by atoms with Crippen LogP contribution in [0.5, 0.6) is 5.75 Å². The fourth-order valence-electron chi connectivity index (χ4n) is 0.612. The molecular formula is C8H6BrClO. The second-order valence-corrected chi connectivity index (χ2v) is 3.56. The van der Waals surface area contributed by atoms with Crippen LogP contribution in [0.25, 0.3) is 0 Å². The van der Waals surface area contributed by atoms with Gasteiger partial charge in [0.2, 0.25) is 0 Å². The van der Waals surface area contributed by atoms with Crippen molar-refractivity contribution in [1.29, 1.82) is 0 Å². The number of halogens is 2. The summed E-state index contributed by atoms with van der Waals surface area (Å²) < 4.78 is 5.57. The van der Waals surface area contributed by atoms with E-state index in [-0.39, 0.29) is 0 Å². The van der Waals surface area contributed by atoms with E-state index in [2.05, 4.69) is 15.9 Å². The van der Waals surface area contributed by atoms with Gasteiger partial charge in [-0.3, -0.25) is 0 Å². The van der Waals surface area contributed by atoms with E-state index in [9.17, 15) is 0 Å². The minimum atomic E-state index is 0.446. The van der Waals surface area contributed by atoms with Crippen LogP contribution in [0.1, 0.15) is 0 Å². The van der Waals surface area contributed by atoms with Crippen LogP contribution in [0.2, 0.25) is 0 Å². The van der Waals surface area contributed by atoms with Crippen molar-refractivity contribution in [1.82, 2.24) is 0 Å². The Kier molecular flexibility index (Phi) is 3.46. The van der Waals surface area contributed by atoms with Gasteiger partial charge >= 0.3 is 0 Å². The zero-order valence-corrected chi connectivity index (χ0v) is 7.97. The highest BCUT2D eigenvalue weighted by Gasteiger charge is 1.87. The van der Waals surface area contributed by atoms with E-state index in [0.717, 1.165) is 5.75 Å². The number of rotatable bonds is 2. The molecule has 0 bridgehead atoms. The van der Waals surface area contributed by atoms with Crippen LogP contribution in [-0.2, 0) is 0 Å². The maximum Gasteiger partial charge on any atom is 0.126 e. The summed E-state index contributed by atoms with van der Waals surface area (Å²) in [4.78, 5) is 0. The van der Waals surface area contributed by atoms with Crippen molar-refractivity contribution in [3.05, 3.63) is 40.5 Å². The van der Waals surface area contributed by atoms with E-state index in [0.29, 0.717) is 3.94 Å². The normalized spacial score (nSPS) is 11.3. The van der Waals surface area contributed by atoms with Gasteiger partial charge in [0, 0.05) is 0 Å². The Bertz CT molecular complexity index is 242. The average molecular weight is 233 g/mol. The molecule has 1 nitrogen and oxygen atoms in total. The second kappa shape index (κ2) is 4.42. The monoisotopic (exact) mass is 232 g/mol. The first-order chi connectivity index (χ1) is 5.29. The van der Waals surface area contributed by atoms with Gasteiger partial charge in [-0.1, -0.05) is 29.8 Å². The van der Waals surface area contributed by atoms with E-state index in [1.165, 1.54) is 6.26 Å². The molecule has 1 aromatic carbocycles. The molecule has 0 aliphatic rings. The molecule has 11 heavy (non-hydrogen) atoms. The van der Waals surface area contributed by atoms with Gasteiger partial charge in [0.25, 0.3) is 0 Å². The number of hydrogen-bond acceptors (Lipinski definition) is 1. The van der Waals surface area contributed by atoms with Gasteiger partial charge in [0.15, 0.2) is 0 Å². The number of para-hydroxylation sites is 1. The van der Waals surface area contributed by atoms with Crippen LogP contribution >= 0.6 is 27.5 Å². The second-order valence-electron chi connectivity index (χ2n) is 1.84. The van der Waals surface area contributed by atoms with E-state index in [1.807, 2.05) is 30.3 Å². The standard InChI is InChI=1S/C8H6BrClO/c9-8(10)6-11-7-4-2-1-3-5-7/h1-6H/b8-6-. The summed E-state index contributed by atoms with van der Waals surface area (Å²) in [5.74, 6) is 0.769. The zero-order chi connectivity index (χ0) is 8.10. The van der Waals surface area contributed by atoms with Gasteiger partial charge in [0.1, 0.15) is 16.0 Å². The van der Waals surface area contributed by atoms with Crippen LogP contribution in [0.15, 0.2) is 40.5 Å². The van der Waals surface area contributed by atoms with E-state index in [1.54, 1.807) is 0 Å². The maximum absolute atomic E-state index is 5.48. The molecular weight excluding hydrogens is 227 g/mol. The molecule has 3 heteroatoms. The Morgan fingerprint density at radius 1 is 1.36 bits per heavy atom. The lowest BCUT2D eigenvalue weighted by Crippen LogP contribution is -1.79. The first-order valence-electron chi connectivity index (χ1n) is 3.02. The van der Waals surface area contributed by atoms with Crippen molar-refractivity contribution in [2.45, 2.75) is 0 Å². The van der Waals surface area contributed by atoms with E-state index >= 15 is 0 Å². The van der Waals surface area contributed by atoms with Gasteiger partial charge in [-0.25, -0.2) is 0 Å². The number of benzene rings is 1. The summed E-state index contributed by atoms with van der Waals surface area (Å²) in [6.07, 6.45) is 1.43. The van der Waals surface area contributed by atoms with Gasteiger partial charge in [0.05, 0.1) is 0 Å². The molecule has 0 atom stereocenters. The van der Waals surface area contributed by atoms with Crippen molar-refractivity contribution < 1.29 is 4.74 Å². The Labute approximate surface area is 78.8 Å². The predicted octanol–water partition coefficient (Wildman–Crippen LogP) is 3.50. The predicted molar refractivity (Wildman–Crippen MR) is 49.9 cm³/mol. The van der Waals surface area contributed by atoms with Gasteiger partial charge in [-0.2, -0.15) is 0 Å². The van der Waals surface area contributed by atoms with Gasteiger partial charge in [-0.15, -0.1) is 0 Å². The fourth-order valence-corrected chi connectivity index (χ4v) is 0.750. The summed E-state index contributed by atoms with van der Waals surface area (Å²) >= 11 is 8.51. The highest BCUT2D eigenvalue weighted by molar-refractivity contribution is 9.12. The molecule has 0 saturated heterocycles. The molecule has 0 saturated carbocycles. The van der Waals surface area contributed by atoms with Crippen molar-refractivity contribution >= 4 is 27.5 Å². The molecule has 1 aromatic rings. The van der Waals surface area contributed by atoms with Crippen molar-refractivity contribution in [3.63, 3.8) is 0 Å². The quantitative estimate of drug-likeness (QED) is 0.711. The molecule has 0 N–H and O–H groups in total. The molecule has 0 fully saturated rings. The molecule has 0 aromatic heterocycles. The SMILES string of the molecule is Cl/C(Br)=C\Oc1ccccc1. The number of ether oxygens (including phenoxy) is 1. The molecule has 0 aliphatic carbocycles. The average Bonchev–Trinajstić information content (AvgIpc) is 2.03. The van der Waals surface area contributed by atoms with Crippen LogP contribution in [0, 0.1) is 0 Å². The molecule has 58 valence electrons. The minimum Gasteiger partial charge on any atom is -0.463 e. The van der Waals surface area contributed by atoms with Gasteiger partial charge < -0.3 is 4.74 Å². The Hall–Kier alpha value is -0.470. The maximum atomic E-state index is 5.48. The summed E-state index contributed by atoms with van der Waals surface area (Å²) in [5, 5.41) is 0. The Balaban J connectivity index is 2.59. The molecule has 0 unspecified atom stereocenters. The van der Waals surface area contributed by atoms with Crippen molar-refractivity contribution in [2.75, 3.05) is 0 Å². The molecule has 0 heterocycles. The lowest BCUT2D eigenvalue weighted by molar-refractivity contribution is 0.482. The fraction of sp³-hybridized carbons (Fsp3) is 0. The van der Waals surface area contributed by atoms with Crippen LogP contribution in [0.3, 0.4) is 0 Å². The first-order valence-corrected chi connectivity index (χ1v) is 4.19. The number of hydrogen-bond donors (Lipinski definition) is 0. The van der Waals surface area contributed by atoms with E-state index < -0.39 is 0 Å². The third-order valence-electron chi connectivity index (χ3n) is 1.03. The smallest absolute Gasteiger partial charge is 0.126 e. The lowest BCUT2D eigenvalue weighted by atomic mass is 10.3. The largest absolute Gasteiger partial charge is 0.463 e. The minimum absolute atomic E-state index is 0.446. The third-order valence-corrected chi connectivity index (χ3v) is 1.30. The Morgan fingerprint density at radius 3 is 2.55 bits per heavy atom. The highest BCUT2D eigenvalue weighted by atomic mass is 79.9. The lowest BCUT2D eigenvalue weighted by Gasteiger charge is -1.97. The molecule has 0 radical (unpaired) electrons. The molecule has 0 spiro atoms. The van der Waals surface area contributed by atoms with Gasteiger partial charge in [-0.05, 0) is 28.1 Å². The summed E-state index contributed by atoms with van der Waals surface area (Å²) in [6, 6.07) is 9.41. The molecule has 1 rings (SSSR count). The highest BCUT2D eigenvalue weighted by Crippen LogP contribution is 2.13. The molecule has 0 aliphatic heterocycles. The summed E-state index contributed by atoms with van der Waals surface area (Å²) in [7, 11) is 0. The first kappa shape index (κ1) is 8.62. The third kappa shape index (κ3) is 3.44. The van der Waals surface area contributed by atoms with Crippen LogP contribution < -0.4 is 4.74 Å². The van der Waals surface area contributed by atoms with Crippen molar-refractivity contribution in [3.8, 4) is 5.75 Å². The van der Waals surface area contributed by atoms with Crippen LogP contribution in [0.4, 0.5) is 0 Å². The summed E-state index contributed by atoms with van der Waals surface area (Å²) in [6.45, 7) is 0.